The van der Waals surface area contributed by atoms with Crippen LogP contribution in [0.15, 0.2) is 0 Å². The predicted molar refractivity (Wildman–Crippen MR) is 75.3 cm³/mol. The molecule has 4 heteroatoms. The first kappa shape index (κ1) is 18.7. The number of rotatable bonds is 11. The summed E-state index contributed by atoms with van der Waals surface area (Å²) in [5, 5.41) is 9.39. The van der Waals surface area contributed by atoms with Crippen LogP contribution in [0.5, 0.6) is 0 Å². The van der Waals surface area contributed by atoms with E-state index in [9.17, 15) is 4.79 Å². The molecule has 0 aromatic carbocycles. The molecular formula is C13H31N3O. The van der Waals surface area contributed by atoms with Gasteiger partial charge in [-0.15, -0.1) is 0 Å². The minimum Gasteiger partial charge on any atom is -0.359 e. The van der Waals surface area contributed by atoms with Gasteiger partial charge < -0.3 is 16.0 Å². The van der Waals surface area contributed by atoms with Crippen LogP contribution in [0.3, 0.4) is 0 Å². The topological polar surface area (TPSA) is 53.2 Å². The van der Waals surface area contributed by atoms with E-state index in [1.807, 2.05) is 13.8 Å². The van der Waals surface area contributed by atoms with E-state index in [2.05, 4.69) is 29.8 Å². The molecule has 104 valence electrons. The fourth-order valence-corrected chi connectivity index (χ4v) is 1.29. The second kappa shape index (κ2) is 17.8. The summed E-state index contributed by atoms with van der Waals surface area (Å²) < 4.78 is 0. The molecule has 1 amide bonds. The molecule has 0 unspecified atom stereocenters. The maximum Gasteiger partial charge on any atom is 0.207 e. The lowest BCUT2D eigenvalue weighted by atomic mass is 10.2. The fourth-order valence-electron chi connectivity index (χ4n) is 1.29. The van der Waals surface area contributed by atoms with Crippen LogP contribution in [0.1, 0.15) is 47.0 Å². The first-order valence-electron chi connectivity index (χ1n) is 6.88. The quantitative estimate of drug-likeness (QED) is 0.382. The van der Waals surface area contributed by atoms with E-state index < -0.39 is 0 Å². The van der Waals surface area contributed by atoms with Crippen LogP contribution >= 0.6 is 0 Å². The lowest BCUT2D eigenvalue weighted by Gasteiger charge is -2.08. The molecule has 0 rings (SSSR count). The minimum absolute atomic E-state index is 0.571. The molecule has 0 atom stereocenters. The summed E-state index contributed by atoms with van der Waals surface area (Å²) in [5.41, 5.74) is 0. The van der Waals surface area contributed by atoms with Crippen molar-refractivity contribution in [1.29, 1.82) is 0 Å². The highest BCUT2D eigenvalue weighted by atomic mass is 16.1. The van der Waals surface area contributed by atoms with Crippen molar-refractivity contribution >= 4 is 6.41 Å². The Balaban J connectivity index is 0. The van der Waals surface area contributed by atoms with E-state index in [4.69, 9.17) is 0 Å². The second-order valence-corrected chi connectivity index (χ2v) is 3.99. The molecule has 0 saturated carbocycles. The summed E-state index contributed by atoms with van der Waals surface area (Å²) in [6.45, 7) is 12.2. The summed E-state index contributed by atoms with van der Waals surface area (Å²) in [7, 11) is 0. The van der Waals surface area contributed by atoms with E-state index in [0.717, 1.165) is 39.0 Å². The Bertz CT molecular complexity index is 141. The lowest BCUT2D eigenvalue weighted by Crippen LogP contribution is -2.32. The Hall–Kier alpha value is -0.610. The number of nitrogens with one attached hydrogen (secondary N) is 3. The maximum atomic E-state index is 9.94. The molecule has 0 heterocycles. The van der Waals surface area contributed by atoms with Gasteiger partial charge in [0.05, 0.1) is 0 Å². The van der Waals surface area contributed by atoms with E-state index in [1.165, 1.54) is 12.8 Å². The van der Waals surface area contributed by atoms with E-state index in [-0.39, 0.29) is 0 Å². The first-order chi connectivity index (χ1) is 8.27. The molecule has 3 N–H and O–H groups in total. The number of hydrogen-bond acceptors (Lipinski definition) is 3. The summed E-state index contributed by atoms with van der Waals surface area (Å²) in [6.07, 6.45) is 4.19. The monoisotopic (exact) mass is 245 g/mol. The van der Waals surface area contributed by atoms with Gasteiger partial charge in [0.15, 0.2) is 0 Å². The van der Waals surface area contributed by atoms with Crippen molar-refractivity contribution in [1.82, 2.24) is 16.0 Å². The van der Waals surface area contributed by atoms with Crippen LogP contribution in [-0.4, -0.2) is 38.6 Å². The number of carbonyl (C=O) groups is 1. The van der Waals surface area contributed by atoms with Crippen LogP contribution < -0.4 is 16.0 Å². The largest absolute Gasteiger partial charge is 0.359 e. The van der Waals surface area contributed by atoms with Gasteiger partial charge in [-0.2, -0.15) is 0 Å². The van der Waals surface area contributed by atoms with Crippen molar-refractivity contribution in [2.75, 3.05) is 26.2 Å². The smallest absolute Gasteiger partial charge is 0.207 e. The first-order valence-corrected chi connectivity index (χ1v) is 6.88. The molecule has 0 aromatic rings. The molecule has 0 aliphatic rings. The Kier molecular flexibility index (Phi) is 19.6. The van der Waals surface area contributed by atoms with Gasteiger partial charge in [0, 0.05) is 25.7 Å². The van der Waals surface area contributed by atoms with Crippen LogP contribution in [0.2, 0.25) is 0 Å². The van der Waals surface area contributed by atoms with Crippen LogP contribution in [0.4, 0.5) is 0 Å². The molecule has 0 fully saturated rings. The van der Waals surface area contributed by atoms with E-state index in [0.29, 0.717) is 6.04 Å². The summed E-state index contributed by atoms with van der Waals surface area (Å²) in [5.74, 6) is 0. The molecule has 0 aliphatic carbocycles. The van der Waals surface area contributed by atoms with Crippen molar-refractivity contribution in [2.24, 2.45) is 0 Å². The predicted octanol–water partition coefficient (Wildman–Crippen LogP) is 1.52. The Morgan fingerprint density at radius 3 is 2.18 bits per heavy atom. The second-order valence-electron chi connectivity index (χ2n) is 3.99. The molecule has 0 aromatic heterocycles. The van der Waals surface area contributed by atoms with Gasteiger partial charge in [-0.3, -0.25) is 4.79 Å². The third-order valence-corrected chi connectivity index (χ3v) is 2.11. The van der Waals surface area contributed by atoms with Gasteiger partial charge in [-0.25, -0.2) is 0 Å². The average Bonchev–Trinajstić information content (AvgIpc) is 2.34. The highest BCUT2D eigenvalue weighted by Crippen LogP contribution is 1.91. The number of amides is 1. The molecule has 17 heavy (non-hydrogen) atoms. The highest BCUT2D eigenvalue weighted by molar-refractivity contribution is 5.45. The average molecular weight is 245 g/mol. The van der Waals surface area contributed by atoms with Gasteiger partial charge >= 0.3 is 0 Å². The SMILES string of the molecule is CC.CC(C)NCCNCCCCCNC=O. The Morgan fingerprint density at radius 2 is 1.59 bits per heavy atom. The number of unbranched alkanes of at least 4 members (excludes halogenated alkanes) is 2. The zero-order chi connectivity index (χ0) is 13.4. The summed E-state index contributed by atoms with van der Waals surface area (Å²) in [4.78, 5) is 9.94. The van der Waals surface area contributed by atoms with Crippen molar-refractivity contribution in [2.45, 2.75) is 53.0 Å². The zero-order valence-corrected chi connectivity index (χ0v) is 12.0. The summed E-state index contributed by atoms with van der Waals surface area (Å²) in [6, 6.07) is 0.571. The van der Waals surface area contributed by atoms with E-state index in [1.54, 1.807) is 0 Å². The van der Waals surface area contributed by atoms with E-state index >= 15 is 0 Å². The van der Waals surface area contributed by atoms with Crippen molar-refractivity contribution < 1.29 is 4.79 Å². The molecular weight excluding hydrogens is 214 g/mol. The molecule has 0 saturated heterocycles. The minimum atomic E-state index is 0.571. The Labute approximate surface area is 107 Å². The van der Waals surface area contributed by atoms with Gasteiger partial charge in [0.1, 0.15) is 0 Å². The lowest BCUT2D eigenvalue weighted by molar-refractivity contribution is -0.109. The maximum absolute atomic E-state index is 9.94. The van der Waals surface area contributed by atoms with Crippen molar-refractivity contribution in [3.63, 3.8) is 0 Å². The van der Waals surface area contributed by atoms with Crippen molar-refractivity contribution in [3.05, 3.63) is 0 Å². The number of carbonyl (C=O) groups excluding carboxylic acids is 1. The Morgan fingerprint density at radius 1 is 0.941 bits per heavy atom. The normalized spacial score (nSPS) is 9.71. The van der Waals surface area contributed by atoms with Crippen LogP contribution in [0.25, 0.3) is 0 Å². The van der Waals surface area contributed by atoms with Gasteiger partial charge in [0.25, 0.3) is 0 Å². The zero-order valence-electron chi connectivity index (χ0n) is 12.0. The summed E-state index contributed by atoms with van der Waals surface area (Å²) >= 11 is 0. The van der Waals surface area contributed by atoms with Gasteiger partial charge in [-0.1, -0.05) is 34.1 Å². The standard InChI is InChI=1S/C11H25N3O.C2H6/c1-11(2)14-9-8-12-6-4-3-5-7-13-10-15;1-2/h10-12,14H,3-9H2,1-2H3,(H,13,15);1-2H3. The fraction of sp³-hybridized carbons (Fsp3) is 0.923. The molecule has 0 spiro atoms. The molecule has 0 radical (unpaired) electrons. The third-order valence-electron chi connectivity index (χ3n) is 2.11. The van der Waals surface area contributed by atoms with Crippen LogP contribution in [-0.2, 0) is 4.79 Å². The highest BCUT2D eigenvalue weighted by Gasteiger charge is 1.92. The van der Waals surface area contributed by atoms with Crippen molar-refractivity contribution in [3.8, 4) is 0 Å². The van der Waals surface area contributed by atoms with Gasteiger partial charge in [-0.05, 0) is 19.4 Å². The number of hydrogen-bond donors (Lipinski definition) is 3. The molecule has 0 aliphatic heterocycles. The molecule has 4 nitrogen and oxygen atoms in total. The van der Waals surface area contributed by atoms with Crippen LogP contribution in [0, 0.1) is 0 Å². The van der Waals surface area contributed by atoms with Gasteiger partial charge in [0.2, 0.25) is 6.41 Å². The third kappa shape index (κ3) is 21.3. The molecule has 0 bridgehead atoms.